The first-order valence-electron chi connectivity index (χ1n) is 7.40. The third-order valence-corrected chi connectivity index (χ3v) is 3.93. The Hall–Kier alpha value is -1.85. The molecule has 0 radical (unpaired) electrons. The first-order chi connectivity index (χ1) is 10.3. The van der Waals surface area contributed by atoms with Crippen molar-refractivity contribution in [3.8, 4) is 0 Å². The molecule has 0 bridgehead atoms. The Morgan fingerprint density at radius 2 is 2.38 bits per heavy atom. The Kier molecular flexibility index (Phi) is 4.22. The molecular weight excluding hydrogens is 266 g/mol. The van der Waals surface area contributed by atoms with Crippen molar-refractivity contribution in [2.45, 2.75) is 19.4 Å². The molecule has 21 heavy (non-hydrogen) atoms. The highest BCUT2D eigenvalue weighted by Crippen LogP contribution is 2.22. The molecule has 1 fully saturated rings. The minimum Gasteiger partial charge on any atom is -0.378 e. The summed E-state index contributed by atoms with van der Waals surface area (Å²) in [6, 6.07) is 6.02. The zero-order valence-corrected chi connectivity index (χ0v) is 12.2. The summed E-state index contributed by atoms with van der Waals surface area (Å²) in [4.78, 5) is 15.3. The highest BCUT2D eigenvalue weighted by Gasteiger charge is 2.20. The van der Waals surface area contributed by atoms with Crippen LogP contribution in [0.25, 0.3) is 10.9 Å². The smallest absolute Gasteiger partial charge is 0.239 e. The van der Waals surface area contributed by atoms with Crippen LogP contribution < -0.4 is 10.6 Å². The van der Waals surface area contributed by atoms with Gasteiger partial charge in [0.1, 0.15) is 6.04 Å². The lowest BCUT2D eigenvalue weighted by atomic mass is 10.1. The molecule has 1 aromatic heterocycles. The van der Waals surface area contributed by atoms with E-state index in [1.54, 1.807) is 0 Å². The first kappa shape index (κ1) is 14.1. The van der Waals surface area contributed by atoms with Crippen LogP contribution in [0.5, 0.6) is 0 Å². The highest BCUT2D eigenvalue weighted by atomic mass is 16.5. The molecule has 2 aromatic rings. The number of carbonyl (C=O) groups excluding carboxylic acids is 1. The molecule has 1 atom stereocenters. The maximum atomic E-state index is 12.0. The summed E-state index contributed by atoms with van der Waals surface area (Å²) in [5.41, 5.74) is 3.66. The quantitative estimate of drug-likeness (QED) is 0.789. The summed E-state index contributed by atoms with van der Waals surface area (Å²) in [6.07, 6.45) is 2.86. The van der Waals surface area contributed by atoms with Gasteiger partial charge in [0, 0.05) is 30.2 Å². The average Bonchev–Trinajstić information content (AvgIpc) is 2.93. The molecule has 1 aliphatic heterocycles. The lowest BCUT2D eigenvalue weighted by Crippen LogP contribution is -2.51. The predicted molar refractivity (Wildman–Crippen MR) is 82.4 cm³/mol. The minimum absolute atomic E-state index is 0.0197. The topological polar surface area (TPSA) is 66.2 Å². The zero-order valence-electron chi connectivity index (χ0n) is 12.2. The number of benzene rings is 1. The molecule has 1 aromatic carbocycles. The van der Waals surface area contributed by atoms with Gasteiger partial charge in [0.15, 0.2) is 0 Å². The van der Waals surface area contributed by atoms with Crippen molar-refractivity contribution in [1.82, 2.24) is 15.6 Å². The molecule has 112 valence electrons. The van der Waals surface area contributed by atoms with Crippen molar-refractivity contribution >= 4 is 16.8 Å². The summed E-state index contributed by atoms with van der Waals surface area (Å²) in [5.74, 6) is 0.0197. The van der Waals surface area contributed by atoms with E-state index < -0.39 is 0 Å². The van der Waals surface area contributed by atoms with Gasteiger partial charge in [0.2, 0.25) is 5.91 Å². The maximum Gasteiger partial charge on any atom is 0.239 e. The number of hydrogen-bond acceptors (Lipinski definition) is 3. The summed E-state index contributed by atoms with van der Waals surface area (Å²) in [7, 11) is 0. The summed E-state index contributed by atoms with van der Waals surface area (Å²) in [5, 5.41) is 7.41. The molecule has 0 saturated carbocycles. The largest absolute Gasteiger partial charge is 0.378 e. The Morgan fingerprint density at radius 1 is 1.48 bits per heavy atom. The number of ether oxygens (including phenoxy) is 1. The van der Waals surface area contributed by atoms with E-state index in [4.69, 9.17) is 4.74 Å². The Balaban J connectivity index is 1.58. The second-order valence-electron chi connectivity index (χ2n) is 5.43. The molecule has 1 saturated heterocycles. The summed E-state index contributed by atoms with van der Waals surface area (Å²) >= 11 is 0. The number of nitrogens with one attached hydrogen (secondary N) is 3. The fraction of sp³-hybridized carbons (Fsp3) is 0.438. The predicted octanol–water partition coefficient (Wildman–Crippen LogP) is 1.12. The van der Waals surface area contributed by atoms with E-state index in [2.05, 4.69) is 40.7 Å². The molecule has 1 aliphatic rings. The second kappa shape index (κ2) is 6.28. The Labute approximate surface area is 124 Å². The van der Waals surface area contributed by atoms with Gasteiger partial charge < -0.3 is 20.4 Å². The Morgan fingerprint density at radius 3 is 3.19 bits per heavy atom. The van der Waals surface area contributed by atoms with Crippen LogP contribution in [-0.4, -0.2) is 43.2 Å². The number of amides is 1. The van der Waals surface area contributed by atoms with Crippen LogP contribution in [0, 0.1) is 6.92 Å². The molecule has 3 rings (SSSR count). The van der Waals surface area contributed by atoms with Gasteiger partial charge in [-0.1, -0.05) is 12.1 Å². The third kappa shape index (κ3) is 3.09. The van der Waals surface area contributed by atoms with E-state index in [0.29, 0.717) is 19.8 Å². The van der Waals surface area contributed by atoms with Gasteiger partial charge in [-0.2, -0.15) is 0 Å². The third-order valence-electron chi connectivity index (χ3n) is 3.93. The van der Waals surface area contributed by atoms with Crippen LogP contribution >= 0.6 is 0 Å². The molecule has 1 amide bonds. The fourth-order valence-corrected chi connectivity index (χ4v) is 2.83. The zero-order chi connectivity index (χ0) is 14.7. The molecule has 1 unspecified atom stereocenters. The van der Waals surface area contributed by atoms with Crippen LogP contribution in [0.4, 0.5) is 0 Å². The number of aryl methyl sites for hydroxylation is 1. The van der Waals surface area contributed by atoms with Crippen molar-refractivity contribution in [2.75, 3.05) is 26.3 Å². The highest BCUT2D eigenvalue weighted by molar-refractivity contribution is 5.86. The van der Waals surface area contributed by atoms with Crippen molar-refractivity contribution < 1.29 is 9.53 Å². The maximum absolute atomic E-state index is 12.0. The summed E-state index contributed by atoms with van der Waals surface area (Å²) in [6.45, 7) is 4.62. The SMILES string of the molecule is Cc1cccc2[nH]cc(CCNC(=O)C3COCCN3)c12. The number of aromatic amines is 1. The van der Waals surface area contributed by atoms with Crippen molar-refractivity contribution in [2.24, 2.45) is 0 Å². The fourth-order valence-electron chi connectivity index (χ4n) is 2.83. The van der Waals surface area contributed by atoms with Gasteiger partial charge in [-0.05, 0) is 30.5 Å². The van der Waals surface area contributed by atoms with E-state index in [-0.39, 0.29) is 11.9 Å². The normalized spacial score (nSPS) is 18.8. The van der Waals surface area contributed by atoms with Crippen molar-refractivity contribution in [1.29, 1.82) is 0 Å². The number of hydrogen-bond donors (Lipinski definition) is 3. The average molecular weight is 287 g/mol. The van der Waals surface area contributed by atoms with Crippen molar-refractivity contribution in [3.05, 3.63) is 35.5 Å². The lowest BCUT2D eigenvalue weighted by Gasteiger charge is -2.22. The van der Waals surface area contributed by atoms with Crippen LogP contribution in [0.2, 0.25) is 0 Å². The number of morpholine rings is 1. The van der Waals surface area contributed by atoms with Gasteiger partial charge >= 0.3 is 0 Å². The standard InChI is InChI=1S/C16H21N3O2/c1-11-3-2-4-13-15(11)12(9-19-13)5-6-18-16(20)14-10-21-8-7-17-14/h2-4,9,14,17,19H,5-8,10H2,1H3,(H,18,20). The number of fused-ring (bicyclic) bond motifs is 1. The molecule has 0 spiro atoms. The van der Waals surface area contributed by atoms with Gasteiger partial charge in [-0.15, -0.1) is 0 Å². The van der Waals surface area contributed by atoms with Crippen LogP contribution in [-0.2, 0) is 16.0 Å². The van der Waals surface area contributed by atoms with E-state index >= 15 is 0 Å². The van der Waals surface area contributed by atoms with E-state index in [1.807, 2.05) is 6.20 Å². The molecule has 5 heteroatoms. The number of H-pyrrole nitrogens is 1. The van der Waals surface area contributed by atoms with Gasteiger partial charge in [0.25, 0.3) is 0 Å². The van der Waals surface area contributed by atoms with E-state index in [0.717, 1.165) is 18.5 Å². The van der Waals surface area contributed by atoms with E-state index in [9.17, 15) is 4.79 Å². The van der Waals surface area contributed by atoms with Crippen LogP contribution in [0.15, 0.2) is 24.4 Å². The van der Waals surface area contributed by atoms with E-state index in [1.165, 1.54) is 16.5 Å². The number of carbonyl (C=O) groups is 1. The second-order valence-corrected chi connectivity index (χ2v) is 5.43. The molecule has 2 heterocycles. The molecule has 3 N–H and O–H groups in total. The van der Waals surface area contributed by atoms with Crippen LogP contribution in [0.1, 0.15) is 11.1 Å². The Bertz CT molecular complexity index is 629. The van der Waals surface area contributed by atoms with Gasteiger partial charge in [-0.25, -0.2) is 0 Å². The van der Waals surface area contributed by atoms with Gasteiger partial charge in [0.05, 0.1) is 13.2 Å². The van der Waals surface area contributed by atoms with Crippen molar-refractivity contribution in [3.63, 3.8) is 0 Å². The first-order valence-corrected chi connectivity index (χ1v) is 7.40. The number of rotatable bonds is 4. The molecular formula is C16H21N3O2. The van der Waals surface area contributed by atoms with Gasteiger partial charge in [-0.3, -0.25) is 4.79 Å². The minimum atomic E-state index is -0.219. The van der Waals surface area contributed by atoms with Crippen LogP contribution in [0.3, 0.4) is 0 Å². The molecule has 5 nitrogen and oxygen atoms in total. The number of aromatic nitrogens is 1. The lowest BCUT2D eigenvalue weighted by molar-refractivity contribution is -0.125. The monoisotopic (exact) mass is 287 g/mol. The summed E-state index contributed by atoms with van der Waals surface area (Å²) < 4.78 is 5.30. The molecule has 0 aliphatic carbocycles.